The van der Waals surface area contributed by atoms with Crippen molar-refractivity contribution in [1.29, 1.82) is 0 Å². The summed E-state index contributed by atoms with van der Waals surface area (Å²) in [5, 5.41) is -0.0925. The molecule has 1 aliphatic carbocycles. The van der Waals surface area contributed by atoms with E-state index < -0.39 is 9.84 Å². The SMILES string of the molecule is CCC(N)CS(=O)(=O)C1CCCC1. The third kappa shape index (κ3) is 2.95. The Hall–Kier alpha value is -0.0900. The maximum Gasteiger partial charge on any atom is 0.154 e. The van der Waals surface area contributed by atoms with Gasteiger partial charge in [-0.3, -0.25) is 0 Å². The third-order valence-electron chi connectivity index (χ3n) is 2.78. The molecule has 3 nitrogen and oxygen atoms in total. The minimum atomic E-state index is -2.90. The lowest BCUT2D eigenvalue weighted by atomic mass is 10.3. The van der Waals surface area contributed by atoms with Gasteiger partial charge in [0.05, 0.1) is 11.0 Å². The Morgan fingerprint density at radius 2 is 1.92 bits per heavy atom. The van der Waals surface area contributed by atoms with Crippen molar-refractivity contribution in [2.75, 3.05) is 5.75 Å². The molecule has 0 aliphatic heterocycles. The average molecular weight is 205 g/mol. The van der Waals surface area contributed by atoms with Gasteiger partial charge in [-0.25, -0.2) is 8.42 Å². The van der Waals surface area contributed by atoms with Crippen LogP contribution in [0.5, 0.6) is 0 Å². The topological polar surface area (TPSA) is 60.2 Å². The van der Waals surface area contributed by atoms with Gasteiger partial charge in [0.1, 0.15) is 0 Å². The number of hydrogen-bond donors (Lipinski definition) is 1. The van der Waals surface area contributed by atoms with Gasteiger partial charge in [0.15, 0.2) is 9.84 Å². The minimum absolute atomic E-state index is 0.0925. The van der Waals surface area contributed by atoms with Gasteiger partial charge in [0, 0.05) is 6.04 Å². The molecule has 0 aromatic carbocycles. The van der Waals surface area contributed by atoms with Crippen LogP contribution in [0.4, 0.5) is 0 Å². The fourth-order valence-corrected chi connectivity index (χ4v) is 3.96. The fourth-order valence-electron chi connectivity index (χ4n) is 1.80. The summed E-state index contributed by atoms with van der Waals surface area (Å²) in [5.74, 6) is 0.175. The van der Waals surface area contributed by atoms with Gasteiger partial charge in [-0.15, -0.1) is 0 Å². The molecule has 0 heterocycles. The van der Waals surface area contributed by atoms with Crippen LogP contribution in [0, 0.1) is 0 Å². The Balaban J connectivity index is 2.54. The highest BCUT2D eigenvalue weighted by atomic mass is 32.2. The molecule has 1 fully saturated rings. The molecule has 2 N–H and O–H groups in total. The molecule has 78 valence electrons. The predicted molar refractivity (Wildman–Crippen MR) is 54.3 cm³/mol. The second kappa shape index (κ2) is 4.42. The van der Waals surface area contributed by atoms with E-state index in [2.05, 4.69) is 0 Å². The van der Waals surface area contributed by atoms with Crippen molar-refractivity contribution >= 4 is 9.84 Å². The van der Waals surface area contributed by atoms with Crippen molar-refractivity contribution in [2.24, 2.45) is 5.73 Å². The van der Waals surface area contributed by atoms with Crippen LogP contribution in [0.1, 0.15) is 39.0 Å². The summed E-state index contributed by atoms with van der Waals surface area (Å²) in [5.41, 5.74) is 5.65. The first-order valence-electron chi connectivity index (χ1n) is 5.03. The molecule has 0 spiro atoms. The van der Waals surface area contributed by atoms with Gasteiger partial charge in [0.2, 0.25) is 0 Å². The average Bonchev–Trinajstić information content (AvgIpc) is 2.55. The Morgan fingerprint density at radius 3 is 2.38 bits per heavy atom. The van der Waals surface area contributed by atoms with Crippen molar-refractivity contribution in [3.8, 4) is 0 Å². The maximum absolute atomic E-state index is 11.7. The van der Waals surface area contributed by atoms with Gasteiger partial charge in [-0.2, -0.15) is 0 Å². The second-order valence-corrected chi connectivity index (χ2v) is 6.23. The van der Waals surface area contributed by atoms with E-state index in [1.165, 1.54) is 0 Å². The largest absolute Gasteiger partial charge is 0.327 e. The summed E-state index contributed by atoms with van der Waals surface area (Å²) >= 11 is 0. The number of nitrogens with two attached hydrogens (primary N) is 1. The molecule has 0 saturated heterocycles. The summed E-state index contributed by atoms with van der Waals surface area (Å²) in [6.07, 6.45) is 4.56. The molecule has 1 saturated carbocycles. The van der Waals surface area contributed by atoms with Crippen LogP contribution >= 0.6 is 0 Å². The fraction of sp³-hybridized carbons (Fsp3) is 1.00. The van der Waals surface area contributed by atoms with Crippen LogP contribution in [-0.4, -0.2) is 25.5 Å². The van der Waals surface area contributed by atoms with Crippen molar-refractivity contribution in [1.82, 2.24) is 0 Å². The van der Waals surface area contributed by atoms with Crippen LogP contribution in [0.15, 0.2) is 0 Å². The molecule has 0 radical (unpaired) electrons. The minimum Gasteiger partial charge on any atom is -0.327 e. The summed E-state index contributed by atoms with van der Waals surface area (Å²) in [6.45, 7) is 1.93. The first-order valence-corrected chi connectivity index (χ1v) is 6.75. The molecule has 0 aromatic rings. The van der Waals surface area contributed by atoms with Crippen LogP contribution in [0.25, 0.3) is 0 Å². The lowest BCUT2D eigenvalue weighted by Crippen LogP contribution is -2.33. The van der Waals surface area contributed by atoms with Gasteiger partial charge in [-0.1, -0.05) is 19.8 Å². The monoisotopic (exact) mass is 205 g/mol. The first kappa shape index (κ1) is 11.0. The van der Waals surface area contributed by atoms with E-state index >= 15 is 0 Å². The number of sulfone groups is 1. The summed E-state index contributed by atoms with van der Waals surface area (Å²) in [4.78, 5) is 0. The molecular weight excluding hydrogens is 186 g/mol. The molecule has 1 rings (SSSR count). The summed E-state index contributed by atoms with van der Waals surface area (Å²) in [6, 6.07) is -0.175. The van der Waals surface area contributed by atoms with Gasteiger partial charge < -0.3 is 5.73 Å². The zero-order chi connectivity index (χ0) is 9.90. The molecule has 0 amide bonds. The molecular formula is C9H19NO2S. The molecule has 0 aromatic heterocycles. The van der Waals surface area contributed by atoms with Gasteiger partial charge in [-0.05, 0) is 19.3 Å². The van der Waals surface area contributed by atoms with Crippen molar-refractivity contribution in [3.05, 3.63) is 0 Å². The molecule has 1 aliphatic rings. The zero-order valence-electron chi connectivity index (χ0n) is 8.20. The standard InChI is InChI=1S/C9H19NO2S/c1-2-8(10)7-13(11,12)9-5-3-4-6-9/h8-9H,2-7,10H2,1H3. The van der Waals surface area contributed by atoms with E-state index in [1.807, 2.05) is 6.92 Å². The van der Waals surface area contributed by atoms with Crippen LogP contribution in [0.3, 0.4) is 0 Å². The Morgan fingerprint density at radius 1 is 1.38 bits per heavy atom. The van der Waals surface area contributed by atoms with E-state index in [9.17, 15) is 8.42 Å². The summed E-state index contributed by atoms with van der Waals surface area (Å²) in [7, 11) is -2.90. The van der Waals surface area contributed by atoms with Gasteiger partial charge in [0.25, 0.3) is 0 Å². The molecule has 4 heteroatoms. The number of hydrogen-bond acceptors (Lipinski definition) is 3. The third-order valence-corrected chi connectivity index (χ3v) is 5.16. The van der Waals surface area contributed by atoms with Gasteiger partial charge >= 0.3 is 0 Å². The van der Waals surface area contributed by atoms with Crippen molar-refractivity contribution in [3.63, 3.8) is 0 Å². The Labute approximate surface area is 80.6 Å². The van der Waals surface area contributed by atoms with Crippen molar-refractivity contribution in [2.45, 2.75) is 50.3 Å². The van der Waals surface area contributed by atoms with E-state index in [0.717, 1.165) is 32.1 Å². The smallest absolute Gasteiger partial charge is 0.154 e. The van der Waals surface area contributed by atoms with Crippen LogP contribution < -0.4 is 5.73 Å². The second-order valence-electron chi connectivity index (χ2n) is 3.90. The maximum atomic E-state index is 11.7. The highest BCUT2D eigenvalue weighted by Crippen LogP contribution is 2.25. The predicted octanol–water partition coefficient (Wildman–Crippen LogP) is 1.08. The van der Waals surface area contributed by atoms with E-state index in [-0.39, 0.29) is 17.0 Å². The van der Waals surface area contributed by atoms with E-state index in [1.54, 1.807) is 0 Å². The van der Waals surface area contributed by atoms with E-state index in [4.69, 9.17) is 5.73 Å². The molecule has 0 bridgehead atoms. The number of rotatable bonds is 4. The van der Waals surface area contributed by atoms with E-state index in [0.29, 0.717) is 0 Å². The highest BCUT2D eigenvalue weighted by Gasteiger charge is 2.29. The first-order chi connectivity index (χ1) is 6.06. The molecule has 1 unspecified atom stereocenters. The lowest BCUT2D eigenvalue weighted by Gasteiger charge is -2.14. The van der Waals surface area contributed by atoms with Crippen molar-refractivity contribution < 1.29 is 8.42 Å². The lowest BCUT2D eigenvalue weighted by molar-refractivity contribution is 0.568. The summed E-state index contributed by atoms with van der Waals surface area (Å²) < 4.78 is 23.4. The van der Waals surface area contributed by atoms with Crippen LogP contribution in [0.2, 0.25) is 0 Å². The normalized spacial score (nSPS) is 22.0. The quantitative estimate of drug-likeness (QED) is 0.747. The van der Waals surface area contributed by atoms with Crippen LogP contribution in [-0.2, 0) is 9.84 Å². The zero-order valence-corrected chi connectivity index (χ0v) is 9.02. The molecule has 1 atom stereocenters. The Bertz CT molecular complexity index is 242. The molecule has 13 heavy (non-hydrogen) atoms. The highest BCUT2D eigenvalue weighted by molar-refractivity contribution is 7.92. The Kier molecular flexibility index (Phi) is 3.74.